The lowest BCUT2D eigenvalue weighted by Crippen LogP contribution is -2.40. The number of likely N-dealkylation sites (N-methyl/N-ethyl adjacent to an activating group) is 1. The van der Waals surface area contributed by atoms with Crippen LogP contribution in [0, 0.1) is 0 Å². The van der Waals surface area contributed by atoms with E-state index in [1.807, 2.05) is 0 Å². The second-order valence-corrected chi connectivity index (χ2v) is 3.32. The number of aliphatic carboxylic acids is 1. The van der Waals surface area contributed by atoms with Gasteiger partial charge in [0.2, 0.25) is 0 Å². The van der Waals surface area contributed by atoms with Gasteiger partial charge in [-0.05, 0) is 19.9 Å². The van der Waals surface area contributed by atoms with Gasteiger partial charge in [0, 0.05) is 13.2 Å². The summed E-state index contributed by atoms with van der Waals surface area (Å²) < 4.78 is 10.6. The number of ether oxygens (including phenoxy) is 2. The van der Waals surface area contributed by atoms with E-state index in [1.165, 1.54) is 0 Å². The number of hydrogen-bond donors (Lipinski definition) is 2. The van der Waals surface area contributed by atoms with Crippen LogP contribution in [0.1, 0.15) is 12.8 Å². The first-order chi connectivity index (χ1) is 6.74. The molecule has 0 amide bonds. The number of hydrogen-bond acceptors (Lipinski definition) is 4. The predicted octanol–water partition coefficient (Wildman–Crippen LogP) is -0.145. The molecule has 0 aromatic rings. The minimum absolute atomic E-state index is 0.152. The van der Waals surface area contributed by atoms with Crippen molar-refractivity contribution >= 4 is 5.97 Å². The Bertz CT molecular complexity index is 180. The SMILES string of the molecule is CNC(COC1CCOCC1)C(=O)O. The Labute approximate surface area is 83.4 Å². The van der Waals surface area contributed by atoms with Crippen molar-refractivity contribution in [2.24, 2.45) is 0 Å². The van der Waals surface area contributed by atoms with Gasteiger partial charge in [-0.3, -0.25) is 4.79 Å². The predicted molar refractivity (Wildman–Crippen MR) is 50.3 cm³/mol. The fourth-order valence-corrected chi connectivity index (χ4v) is 1.35. The second kappa shape index (κ2) is 5.95. The number of rotatable bonds is 5. The molecule has 1 aliphatic heterocycles. The Hall–Kier alpha value is -0.650. The maximum Gasteiger partial charge on any atom is 0.323 e. The fourth-order valence-electron chi connectivity index (χ4n) is 1.35. The third-order valence-corrected chi connectivity index (χ3v) is 2.31. The monoisotopic (exact) mass is 203 g/mol. The molecule has 0 aromatic carbocycles. The maximum absolute atomic E-state index is 10.6. The van der Waals surface area contributed by atoms with Crippen molar-refractivity contribution in [2.75, 3.05) is 26.9 Å². The molecule has 1 unspecified atom stereocenters. The normalized spacial score (nSPS) is 20.6. The lowest BCUT2D eigenvalue weighted by Gasteiger charge is -2.23. The van der Waals surface area contributed by atoms with Crippen LogP contribution in [0.3, 0.4) is 0 Å². The van der Waals surface area contributed by atoms with Crippen LogP contribution in [0.5, 0.6) is 0 Å². The molecule has 5 heteroatoms. The number of carboxylic acid groups (broad SMARTS) is 1. The minimum atomic E-state index is -0.875. The first-order valence-corrected chi connectivity index (χ1v) is 4.83. The van der Waals surface area contributed by atoms with Crippen LogP contribution in [0.25, 0.3) is 0 Å². The molecule has 14 heavy (non-hydrogen) atoms. The molecular weight excluding hydrogens is 186 g/mol. The van der Waals surface area contributed by atoms with Crippen molar-refractivity contribution in [1.29, 1.82) is 0 Å². The number of carboxylic acids is 1. The van der Waals surface area contributed by atoms with E-state index in [9.17, 15) is 4.79 Å². The number of carbonyl (C=O) groups is 1. The zero-order chi connectivity index (χ0) is 10.4. The van der Waals surface area contributed by atoms with Crippen LogP contribution < -0.4 is 5.32 Å². The van der Waals surface area contributed by atoms with Crippen LogP contribution in [0.15, 0.2) is 0 Å². The summed E-state index contributed by atoms with van der Waals surface area (Å²) in [6.07, 6.45) is 1.87. The van der Waals surface area contributed by atoms with Crippen molar-refractivity contribution in [1.82, 2.24) is 5.32 Å². The van der Waals surface area contributed by atoms with Gasteiger partial charge in [-0.2, -0.15) is 0 Å². The molecule has 0 bridgehead atoms. The molecule has 0 radical (unpaired) electrons. The van der Waals surface area contributed by atoms with E-state index in [-0.39, 0.29) is 12.7 Å². The molecule has 0 aliphatic carbocycles. The molecule has 1 fully saturated rings. The highest BCUT2D eigenvalue weighted by Gasteiger charge is 2.19. The molecule has 1 rings (SSSR count). The largest absolute Gasteiger partial charge is 0.480 e. The van der Waals surface area contributed by atoms with Crippen molar-refractivity contribution in [3.8, 4) is 0 Å². The summed E-state index contributed by atoms with van der Waals surface area (Å²) in [5.74, 6) is -0.875. The van der Waals surface area contributed by atoms with E-state index in [1.54, 1.807) is 7.05 Å². The molecule has 82 valence electrons. The first-order valence-electron chi connectivity index (χ1n) is 4.83. The van der Waals surface area contributed by atoms with E-state index >= 15 is 0 Å². The van der Waals surface area contributed by atoms with Crippen LogP contribution >= 0.6 is 0 Å². The summed E-state index contributed by atoms with van der Waals surface area (Å²) in [4.78, 5) is 10.6. The minimum Gasteiger partial charge on any atom is -0.480 e. The molecular formula is C9H17NO4. The average Bonchev–Trinajstić information content (AvgIpc) is 2.20. The quantitative estimate of drug-likeness (QED) is 0.650. The Morgan fingerprint density at radius 2 is 2.29 bits per heavy atom. The summed E-state index contributed by atoms with van der Waals surface area (Å²) in [5, 5.41) is 11.4. The summed E-state index contributed by atoms with van der Waals surface area (Å²) >= 11 is 0. The first kappa shape index (κ1) is 11.4. The molecule has 1 saturated heterocycles. The molecule has 0 spiro atoms. The van der Waals surface area contributed by atoms with E-state index in [0.717, 1.165) is 12.8 Å². The lowest BCUT2D eigenvalue weighted by molar-refractivity contribution is -0.142. The third-order valence-electron chi connectivity index (χ3n) is 2.31. The highest BCUT2D eigenvalue weighted by Crippen LogP contribution is 2.10. The van der Waals surface area contributed by atoms with Crippen molar-refractivity contribution in [3.05, 3.63) is 0 Å². The smallest absolute Gasteiger partial charge is 0.323 e. The van der Waals surface area contributed by atoms with Crippen LogP contribution in [-0.4, -0.2) is 50.1 Å². The molecule has 1 aliphatic rings. The van der Waals surface area contributed by atoms with E-state index in [0.29, 0.717) is 13.2 Å². The molecule has 5 nitrogen and oxygen atoms in total. The van der Waals surface area contributed by atoms with Crippen molar-refractivity contribution in [2.45, 2.75) is 25.0 Å². The summed E-state index contributed by atoms with van der Waals surface area (Å²) in [7, 11) is 1.62. The third kappa shape index (κ3) is 3.61. The highest BCUT2D eigenvalue weighted by atomic mass is 16.5. The molecule has 0 aromatic heterocycles. The van der Waals surface area contributed by atoms with Crippen LogP contribution in [-0.2, 0) is 14.3 Å². The maximum atomic E-state index is 10.6. The highest BCUT2D eigenvalue weighted by molar-refractivity contribution is 5.73. The van der Waals surface area contributed by atoms with Crippen molar-refractivity contribution in [3.63, 3.8) is 0 Å². The Balaban J connectivity index is 2.20. The van der Waals surface area contributed by atoms with Gasteiger partial charge in [0.05, 0.1) is 12.7 Å². The van der Waals surface area contributed by atoms with Crippen molar-refractivity contribution < 1.29 is 19.4 Å². The van der Waals surface area contributed by atoms with Gasteiger partial charge in [-0.25, -0.2) is 0 Å². The summed E-state index contributed by atoms with van der Waals surface area (Å²) in [6.45, 7) is 1.64. The van der Waals surface area contributed by atoms with Gasteiger partial charge >= 0.3 is 5.97 Å². The van der Waals surface area contributed by atoms with Gasteiger partial charge < -0.3 is 19.9 Å². The number of nitrogens with one attached hydrogen (secondary N) is 1. The van der Waals surface area contributed by atoms with Gasteiger partial charge in [-0.1, -0.05) is 0 Å². The van der Waals surface area contributed by atoms with Gasteiger partial charge in [0.25, 0.3) is 0 Å². The molecule has 1 heterocycles. The van der Waals surface area contributed by atoms with Crippen LogP contribution in [0.2, 0.25) is 0 Å². The molecule has 1 atom stereocenters. The lowest BCUT2D eigenvalue weighted by atomic mass is 10.1. The zero-order valence-electron chi connectivity index (χ0n) is 8.36. The molecule has 0 saturated carbocycles. The van der Waals surface area contributed by atoms with E-state index in [2.05, 4.69) is 5.32 Å². The van der Waals surface area contributed by atoms with Gasteiger partial charge in [0.15, 0.2) is 0 Å². The fraction of sp³-hybridized carbons (Fsp3) is 0.889. The summed E-state index contributed by atoms with van der Waals surface area (Å²) in [6, 6.07) is -0.613. The van der Waals surface area contributed by atoms with Crippen LogP contribution in [0.4, 0.5) is 0 Å². The topological polar surface area (TPSA) is 67.8 Å². The Morgan fingerprint density at radius 1 is 1.64 bits per heavy atom. The summed E-state index contributed by atoms with van der Waals surface area (Å²) in [5.41, 5.74) is 0. The van der Waals surface area contributed by atoms with E-state index in [4.69, 9.17) is 14.6 Å². The second-order valence-electron chi connectivity index (χ2n) is 3.32. The van der Waals surface area contributed by atoms with Gasteiger partial charge in [0.1, 0.15) is 6.04 Å². The molecule has 2 N–H and O–H groups in total. The zero-order valence-corrected chi connectivity index (χ0v) is 8.36. The van der Waals surface area contributed by atoms with E-state index < -0.39 is 12.0 Å². The van der Waals surface area contributed by atoms with Gasteiger partial charge in [-0.15, -0.1) is 0 Å². The Kier molecular flexibility index (Phi) is 4.86. The standard InChI is InChI=1S/C9H17NO4/c1-10-8(9(11)12)6-14-7-2-4-13-5-3-7/h7-8,10H,2-6H2,1H3,(H,11,12). The Morgan fingerprint density at radius 3 is 2.79 bits per heavy atom. The average molecular weight is 203 g/mol.